The summed E-state index contributed by atoms with van der Waals surface area (Å²) in [5.74, 6) is -1.28. The highest BCUT2D eigenvalue weighted by Gasteiger charge is 2.31. The third-order valence-electron chi connectivity index (χ3n) is 4.40. The Morgan fingerprint density at radius 1 is 1.07 bits per heavy atom. The third kappa shape index (κ3) is 3.84. The molecule has 1 N–H and O–H groups in total. The Labute approximate surface area is 166 Å². The molecule has 4 aromatic rings. The lowest BCUT2D eigenvalue weighted by atomic mass is 10.1. The molecule has 0 aliphatic rings. The van der Waals surface area contributed by atoms with Crippen molar-refractivity contribution >= 4 is 10.9 Å². The van der Waals surface area contributed by atoms with E-state index in [9.17, 15) is 27.5 Å². The zero-order valence-corrected chi connectivity index (χ0v) is 15.1. The summed E-state index contributed by atoms with van der Waals surface area (Å²) in [6, 6.07) is 10.3. The van der Waals surface area contributed by atoms with Gasteiger partial charge in [0.05, 0.1) is 23.9 Å². The van der Waals surface area contributed by atoms with E-state index in [1.165, 1.54) is 41.2 Å². The predicted molar refractivity (Wildman–Crippen MR) is 99.2 cm³/mol. The van der Waals surface area contributed by atoms with Crippen molar-refractivity contribution in [2.75, 3.05) is 0 Å². The minimum absolute atomic E-state index is 0.0688. The molecule has 0 unspecified atom stereocenters. The van der Waals surface area contributed by atoms with Gasteiger partial charge in [0, 0.05) is 17.6 Å². The monoisotopic (exact) mass is 419 g/mol. The number of aromatic hydroxyl groups is 1. The van der Waals surface area contributed by atoms with Crippen LogP contribution in [0.25, 0.3) is 16.6 Å². The van der Waals surface area contributed by atoms with Crippen LogP contribution in [0.5, 0.6) is 11.6 Å². The molecule has 2 aromatic carbocycles. The van der Waals surface area contributed by atoms with Crippen molar-refractivity contribution in [3.63, 3.8) is 0 Å². The first-order chi connectivity index (χ1) is 14.2. The highest BCUT2D eigenvalue weighted by atomic mass is 19.4. The van der Waals surface area contributed by atoms with Crippen molar-refractivity contribution in [1.82, 2.24) is 14.1 Å². The summed E-state index contributed by atoms with van der Waals surface area (Å²) >= 11 is 0. The van der Waals surface area contributed by atoms with Gasteiger partial charge in [0.25, 0.3) is 0 Å². The van der Waals surface area contributed by atoms with E-state index < -0.39 is 29.5 Å². The molecule has 2 heterocycles. The van der Waals surface area contributed by atoms with Crippen LogP contribution in [0.3, 0.4) is 0 Å². The molecular weight excluding hydrogens is 406 g/mol. The summed E-state index contributed by atoms with van der Waals surface area (Å²) in [5.41, 5.74) is 0.647. The molecule has 0 spiro atoms. The second kappa shape index (κ2) is 7.21. The lowest BCUT2D eigenvalue weighted by molar-refractivity contribution is -0.274. The average molecular weight is 419 g/mol. The summed E-state index contributed by atoms with van der Waals surface area (Å²) in [7, 11) is 0. The minimum Gasteiger partial charge on any atom is -0.493 e. The largest absolute Gasteiger partial charge is 0.573 e. The predicted octanol–water partition coefficient (Wildman–Crippen LogP) is 3.98. The van der Waals surface area contributed by atoms with Crippen LogP contribution in [0.2, 0.25) is 0 Å². The highest BCUT2D eigenvalue weighted by Crippen LogP contribution is 2.25. The third-order valence-corrected chi connectivity index (χ3v) is 4.40. The smallest absolute Gasteiger partial charge is 0.493 e. The van der Waals surface area contributed by atoms with Gasteiger partial charge in [-0.2, -0.15) is 0 Å². The molecule has 2 aromatic heterocycles. The number of alkyl halides is 3. The number of nitrogens with zero attached hydrogens (tertiary/aromatic N) is 3. The van der Waals surface area contributed by atoms with Crippen molar-refractivity contribution in [1.29, 1.82) is 0 Å². The van der Waals surface area contributed by atoms with Gasteiger partial charge >= 0.3 is 12.1 Å². The quantitative estimate of drug-likeness (QED) is 0.508. The summed E-state index contributed by atoms with van der Waals surface area (Å²) in [6.07, 6.45) is -2.14. The summed E-state index contributed by atoms with van der Waals surface area (Å²) in [5, 5.41) is 10.9. The van der Waals surface area contributed by atoms with E-state index in [0.29, 0.717) is 16.5 Å². The fraction of sp³-hybridized carbons (Fsp3) is 0.100. The van der Waals surface area contributed by atoms with Crippen molar-refractivity contribution in [3.05, 3.63) is 82.8 Å². The van der Waals surface area contributed by atoms with Gasteiger partial charge in [-0.15, -0.1) is 13.2 Å². The topological polar surface area (TPSA) is 69.3 Å². The fourth-order valence-corrected chi connectivity index (χ4v) is 3.13. The number of imidazole rings is 1. The molecule has 4 rings (SSSR count). The Morgan fingerprint density at radius 2 is 1.80 bits per heavy atom. The molecule has 0 bridgehead atoms. The van der Waals surface area contributed by atoms with Gasteiger partial charge < -0.3 is 9.84 Å². The molecule has 0 amide bonds. The first kappa shape index (κ1) is 19.5. The Balaban J connectivity index is 1.67. The number of ether oxygens (including phenoxy) is 1. The van der Waals surface area contributed by atoms with Gasteiger partial charge in [0.1, 0.15) is 11.6 Å². The Bertz CT molecular complexity index is 1280. The van der Waals surface area contributed by atoms with E-state index in [1.54, 1.807) is 12.1 Å². The van der Waals surface area contributed by atoms with Crippen molar-refractivity contribution in [2.45, 2.75) is 12.9 Å². The Hall–Kier alpha value is -3.82. The van der Waals surface area contributed by atoms with E-state index in [1.807, 2.05) is 0 Å². The van der Waals surface area contributed by atoms with E-state index >= 15 is 0 Å². The number of pyridine rings is 1. The molecule has 0 atom stereocenters. The highest BCUT2D eigenvalue weighted by molar-refractivity contribution is 5.81. The lowest BCUT2D eigenvalue weighted by Crippen LogP contribution is -2.23. The molecule has 0 saturated carbocycles. The van der Waals surface area contributed by atoms with Crippen LogP contribution in [-0.4, -0.2) is 25.6 Å². The molecule has 6 nitrogen and oxygen atoms in total. The number of benzene rings is 2. The van der Waals surface area contributed by atoms with Crippen LogP contribution in [0.1, 0.15) is 5.56 Å². The maximum atomic E-state index is 13.4. The number of aromatic nitrogens is 3. The van der Waals surface area contributed by atoms with Crippen LogP contribution in [0.15, 0.2) is 65.7 Å². The molecule has 0 aliphatic carbocycles. The number of halogens is 4. The summed E-state index contributed by atoms with van der Waals surface area (Å²) in [6.45, 7) is 0.0688. The van der Waals surface area contributed by atoms with Crippen LogP contribution in [0, 0.1) is 5.82 Å². The first-order valence-corrected chi connectivity index (χ1v) is 8.62. The van der Waals surface area contributed by atoms with Crippen LogP contribution >= 0.6 is 0 Å². The normalized spacial score (nSPS) is 11.7. The van der Waals surface area contributed by atoms with Crippen LogP contribution in [-0.2, 0) is 6.54 Å². The molecule has 30 heavy (non-hydrogen) atoms. The van der Waals surface area contributed by atoms with Gasteiger partial charge in [0.15, 0.2) is 0 Å². The van der Waals surface area contributed by atoms with E-state index in [0.717, 1.165) is 16.7 Å². The van der Waals surface area contributed by atoms with Crippen LogP contribution in [0.4, 0.5) is 17.6 Å². The zero-order valence-electron chi connectivity index (χ0n) is 15.1. The van der Waals surface area contributed by atoms with E-state index in [-0.39, 0.29) is 12.2 Å². The Kier molecular flexibility index (Phi) is 4.69. The lowest BCUT2D eigenvalue weighted by Gasteiger charge is -2.09. The van der Waals surface area contributed by atoms with Gasteiger partial charge in [-0.25, -0.2) is 13.8 Å². The van der Waals surface area contributed by atoms with Crippen molar-refractivity contribution in [3.8, 4) is 17.3 Å². The Morgan fingerprint density at radius 3 is 2.50 bits per heavy atom. The van der Waals surface area contributed by atoms with Crippen molar-refractivity contribution in [2.24, 2.45) is 0 Å². The standard InChI is InChI=1S/C20H13F4N3O3/c21-13-1-6-16-12(7-8-25-17(16)9-13)10-26-11-18(28)27(19(26)29)14-2-4-15(5-3-14)30-20(22,23)24/h1-9,11,28H,10H2. The van der Waals surface area contributed by atoms with Gasteiger partial charge in [-0.3, -0.25) is 9.55 Å². The van der Waals surface area contributed by atoms with Gasteiger partial charge in [0.2, 0.25) is 5.88 Å². The molecule has 0 saturated heterocycles. The second-order valence-electron chi connectivity index (χ2n) is 6.41. The zero-order chi connectivity index (χ0) is 21.5. The second-order valence-corrected chi connectivity index (χ2v) is 6.41. The maximum Gasteiger partial charge on any atom is 0.573 e. The molecular formula is C20H13F4N3O3. The summed E-state index contributed by atoms with van der Waals surface area (Å²) < 4.78 is 56.3. The molecule has 154 valence electrons. The maximum absolute atomic E-state index is 13.4. The van der Waals surface area contributed by atoms with Gasteiger partial charge in [-0.05, 0) is 48.0 Å². The number of hydrogen-bond donors (Lipinski definition) is 1. The number of fused-ring (bicyclic) bond motifs is 1. The van der Waals surface area contributed by atoms with Crippen molar-refractivity contribution < 1.29 is 27.4 Å². The number of rotatable bonds is 4. The van der Waals surface area contributed by atoms with E-state index in [4.69, 9.17) is 0 Å². The molecule has 0 radical (unpaired) electrons. The fourth-order valence-electron chi connectivity index (χ4n) is 3.13. The molecule has 0 aliphatic heterocycles. The first-order valence-electron chi connectivity index (χ1n) is 8.62. The van der Waals surface area contributed by atoms with E-state index in [2.05, 4.69) is 9.72 Å². The SMILES string of the molecule is O=c1n(Cc2ccnc3cc(F)ccc23)cc(O)n1-c1ccc(OC(F)(F)F)cc1. The van der Waals surface area contributed by atoms with Gasteiger partial charge in [-0.1, -0.05) is 0 Å². The summed E-state index contributed by atoms with van der Waals surface area (Å²) in [4.78, 5) is 16.9. The number of hydrogen-bond acceptors (Lipinski definition) is 4. The molecule has 0 fully saturated rings. The van der Waals surface area contributed by atoms with Crippen LogP contribution < -0.4 is 10.4 Å². The molecule has 10 heteroatoms. The minimum atomic E-state index is -4.83. The average Bonchev–Trinajstić information content (AvgIpc) is 2.94.